The predicted molar refractivity (Wildman–Crippen MR) is 125 cm³/mol. The van der Waals surface area contributed by atoms with Gasteiger partial charge in [-0.1, -0.05) is 87.9 Å². The van der Waals surface area contributed by atoms with Crippen molar-refractivity contribution in [3.8, 4) is 0 Å². The van der Waals surface area contributed by atoms with Gasteiger partial charge in [0.2, 0.25) is 0 Å². The van der Waals surface area contributed by atoms with E-state index in [1.807, 2.05) is 60.7 Å². The molecule has 1 N–H and O–H groups in total. The van der Waals surface area contributed by atoms with Crippen LogP contribution in [0.4, 0.5) is 4.79 Å². The number of amides is 3. The van der Waals surface area contributed by atoms with E-state index in [4.69, 9.17) is 4.74 Å². The van der Waals surface area contributed by atoms with Crippen molar-refractivity contribution in [1.29, 1.82) is 0 Å². The van der Waals surface area contributed by atoms with Crippen molar-refractivity contribution in [3.05, 3.63) is 71.8 Å². The molecular formula is C27H32N2O4. The van der Waals surface area contributed by atoms with Gasteiger partial charge in [0.15, 0.2) is 5.54 Å². The summed E-state index contributed by atoms with van der Waals surface area (Å²) in [6, 6.07) is 17.7. The van der Waals surface area contributed by atoms with Crippen LogP contribution in [0.25, 0.3) is 0 Å². The molecule has 1 aliphatic carbocycles. The number of hydrogen-bond donors (Lipinski definition) is 1. The second-order valence-electron chi connectivity index (χ2n) is 9.66. The zero-order chi connectivity index (χ0) is 23.6. The molecule has 6 heteroatoms. The largest absolute Gasteiger partial charge is 0.461 e. The molecule has 1 saturated heterocycles. The SMILES string of the molecule is CC1CCC(C(C)C)C(OC(=O)CN2C(=O)NC(c3ccccc3)(c3ccccc3)C2=O)C1. The number of esters is 1. The molecular weight excluding hydrogens is 416 g/mol. The van der Waals surface area contributed by atoms with Crippen molar-refractivity contribution in [1.82, 2.24) is 10.2 Å². The second kappa shape index (κ2) is 9.38. The normalized spacial score (nSPS) is 24.6. The molecule has 3 unspecified atom stereocenters. The molecule has 0 bridgehead atoms. The van der Waals surface area contributed by atoms with E-state index in [-0.39, 0.29) is 6.10 Å². The number of imide groups is 1. The van der Waals surface area contributed by atoms with Crippen molar-refractivity contribution < 1.29 is 19.1 Å². The predicted octanol–water partition coefficient (Wildman–Crippen LogP) is 4.49. The third kappa shape index (κ3) is 4.39. The van der Waals surface area contributed by atoms with Crippen LogP contribution in [0, 0.1) is 17.8 Å². The second-order valence-corrected chi connectivity index (χ2v) is 9.66. The Labute approximate surface area is 195 Å². The topological polar surface area (TPSA) is 75.7 Å². The molecule has 2 aliphatic rings. The van der Waals surface area contributed by atoms with E-state index >= 15 is 0 Å². The maximum absolute atomic E-state index is 13.7. The van der Waals surface area contributed by atoms with Gasteiger partial charge >= 0.3 is 12.0 Å². The third-order valence-electron chi connectivity index (χ3n) is 7.05. The molecule has 0 radical (unpaired) electrons. The van der Waals surface area contributed by atoms with Crippen molar-refractivity contribution in [2.24, 2.45) is 17.8 Å². The fourth-order valence-electron chi connectivity index (χ4n) is 5.24. The maximum Gasteiger partial charge on any atom is 0.326 e. The molecule has 1 saturated carbocycles. The molecule has 2 fully saturated rings. The van der Waals surface area contributed by atoms with Crippen LogP contribution in [-0.4, -0.2) is 35.5 Å². The molecule has 4 rings (SSSR count). The standard InChI is InChI=1S/C27H32N2O4/c1-18(2)22-15-14-19(3)16-23(22)33-24(30)17-29-25(31)27(28-26(29)32,20-10-6-4-7-11-20)21-12-8-5-9-13-21/h4-13,18-19,22-23H,14-17H2,1-3H3,(H,28,32). The third-order valence-corrected chi connectivity index (χ3v) is 7.05. The number of benzene rings is 2. The number of nitrogens with zero attached hydrogens (tertiary/aromatic N) is 1. The monoisotopic (exact) mass is 448 g/mol. The minimum Gasteiger partial charge on any atom is -0.461 e. The summed E-state index contributed by atoms with van der Waals surface area (Å²) in [5, 5.41) is 2.87. The van der Waals surface area contributed by atoms with Crippen LogP contribution >= 0.6 is 0 Å². The van der Waals surface area contributed by atoms with E-state index in [1.54, 1.807) is 0 Å². The molecule has 174 valence electrons. The fourth-order valence-corrected chi connectivity index (χ4v) is 5.24. The highest BCUT2D eigenvalue weighted by atomic mass is 16.5. The van der Waals surface area contributed by atoms with Crippen molar-refractivity contribution in [3.63, 3.8) is 0 Å². The van der Waals surface area contributed by atoms with Gasteiger partial charge < -0.3 is 10.1 Å². The summed E-state index contributed by atoms with van der Waals surface area (Å²) in [6.07, 6.45) is 2.77. The molecule has 0 spiro atoms. The number of ether oxygens (including phenoxy) is 1. The van der Waals surface area contributed by atoms with Crippen LogP contribution in [0.2, 0.25) is 0 Å². The van der Waals surface area contributed by atoms with Crippen LogP contribution in [0.1, 0.15) is 51.2 Å². The van der Waals surface area contributed by atoms with Gasteiger partial charge in [0.25, 0.3) is 5.91 Å². The van der Waals surface area contributed by atoms with E-state index in [1.165, 1.54) is 0 Å². The van der Waals surface area contributed by atoms with E-state index in [0.29, 0.717) is 28.9 Å². The summed E-state index contributed by atoms with van der Waals surface area (Å²) < 4.78 is 5.86. The Kier molecular flexibility index (Phi) is 6.54. The first-order valence-corrected chi connectivity index (χ1v) is 11.8. The lowest BCUT2D eigenvalue weighted by atomic mass is 9.75. The summed E-state index contributed by atoms with van der Waals surface area (Å²) in [7, 11) is 0. The van der Waals surface area contributed by atoms with E-state index < -0.39 is 30.0 Å². The molecule has 2 aromatic rings. The molecule has 6 nitrogen and oxygen atoms in total. The summed E-state index contributed by atoms with van der Waals surface area (Å²) in [5.74, 6) is 0.162. The van der Waals surface area contributed by atoms with Gasteiger partial charge in [-0.05, 0) is 41.7 Å². The Balaban J connectivity index is 1.57. The van der Waals surface area contributed by atoms with E-state index in [9.17, 15) is 14.4 Å². The van der Waals surface area contributed by atoms with Gasteiger partial charge in [0.05, 0.1) is 0 Å². The Morgan fingerprint density at radius 1 is 1.03 bits per heavy atom. The fraction of sp³-hybridized carbons (Fsp3) is 0.444. The highest BCUT2D eigenvalue weighted by Crippen LogP contribution is 2.37. The molecule has 33 heavy (non-hydrogen) atoms. The molecule has 3 amide bonds. The zero-order valence-corrected chi connectivity index (χ0v) is 19.5. The Bertz CT molecular complexity index is 966. The maximum atomic E-state index is 13.7. The molecule has 2 aromatic carbocycles. The van der Waals surface area contributed by atoms with Gasteiger partial charge in [-0.2, -0.15) is 0 Å². The van der Waals surface area contributed by atoms with E-state index in [0.717, 1.165) is 24.2 Å². The lowest BCUT2D eigenvalue weighted by molar-refractivity contribution is -0.158. The Morgan fingerprint density at radius 3 is 2.15 bits per heavy atom. The van der Waals surface area contributed by atoms with Crippen LogP contribution in [0.3, 0.4) is 0 Å². The van der Waals surface area contributed by atoms with Gasteiger partial charge in [-0.15, -0.1) is 0 Å². The van der Waals surface area contributed by atoms with Crippen molar-refractivity contribution in [2.45, 2.75) is 51.7 Å². The minimum absolute atomic E-state index is 0.185. The first-order chi connectivity index (χ1) is 15.8. The summed E-state index contributed by atoms with van der Waals surface area (Å²) >= 11 is 0. The molecule has 1 aliphatic heterocycles. The smallest absolute Gasteiger partial charge is 0.326 e. The van der Waals surface area contributed by atoms with Crippen LogP contribution in [-0.2, 0) is 19.9 Å². The number of hydrogen-bond acceptors (Lipinski definition) is 4. The quantitative estimate of drug-likeness (QED) is 0.522. The molecule has 3 atom stereocenters. The Morgan fingerprint density at radius 2 is 1.61 bits per heavy atom. The average molecular weight is 449 g/mol. The Hall–Kier alpha value is -3.15. The first-order valence-electron chi connectivity index (χ1n) is 11.8. The van der Waals surface area contributed by atoms with Crippen molar-refractivity contribution >= 4 is 17.9 Å². The highest BCUT2D eigenvalue weighted by Gasteiger charge is 2.54. The number of carbonyl (C=O) groups is 3. The van der Waals surface area contributed by atoms with Gasteiger partial charge in [-0.25, -0.2) is 4.79 Å². The van der Waals surface area contributed by atoms with Gasteiger partial charge in [0.1, 0.15) is 12.6 Å². The lowest BCUT2D eigenvalue weighted by Crippen LogP contribution is -2.45. The van der Waals surface area contributed by atoms with Crippen molar-refractivity contribution in [2.75, 3.05) is 6.54 Å². The zero-order valence-electron chi connectivity index (χ0n) is 19.5. The first kappa shape index (κ1) is 23.0. The molecule has 0 aromatic heterocycles. The van der Waals surface area contributed by atoms with E-state index in [2.05, 4.69) is 26.1 Å². The number of nitrogens with one attached hydrogen (secondary N) is 1. The van der Waals surface area contributed by atoms with Gasteiger partial charge in [-0.3, -0.25) is 14.5 Å². The van der Waals surface area contributed by atoms with Crippen LogP contribution < -0.4 is 5.32 Å². The molecule has 1 heterocycles. The summed E-state index contributed by atoms with van der Waals surface area (Å²) in [4.78, 5) is 40.6. The van der Waals surface area contributed by atoms with Crippen LogP contribution in [0.15, 0.2) is 60.7 Å². The minimum atomic E-state index is -1.38. The number of urea groups is 1. The summed E-state index contributed by atoms with van der Waals surface area (Å²) in [5.41, 5.74) is -0.0857. The number of rotatable bonds is 6. The summed E-state index contributed by atoms with van der Waals surface area (Å²) in [6.45, 7) is 6.06. The van der Waals surface area contributed by atoms with Crippen LogP contribution in [0.5, 0.6) is 0 Å². The van der Waals surface area contributed by atoms with Gasteiger partial charge in [0, 0.05) is 0 Å². The number of carbonyl (C=O) groups excluding carboxylic acids is 3. The lowest BCUT2D eigenvalue weighted by Gasteiger charge is -2.36. The highest BCUT2D eigenvalue weighted by molar-refractivity contribution is 6.11. The average Bonchev–Trinajstić information content (AvgIpc) is 3.05.